The second-order valence-corrected chi connectivity index (χ2v) is 6.30. The van der Waals surface area contributed by atoms with E-state index in [-0.39, 0.29) is 0 Å². The van der Waals surface area contributed by atoms with Crippen LogP contribution in [0.1, 0.15) is 37.2 Å². The van der Waals surface area contributed by atoms with Crippen molar-refractivity contribution in [1.82, 2.24) is 15.2 Å². The molecule has 1 aromatic carbocycles. The predicted octanol–water partition coefficient (Wildman–Crippen LogP) is 1.80. The molecule has 2 aromatic rings. The topological polar surface area (TPSA) is 118 Å². The summed E-state index contributed by atoms with van der Waals surface area (Å²) in [5.74, 6) is -2.31. The highest BCUT2D eigenvalue weighted by atomic mass is 16.4. The van der Waals surface area contributed by atoms with E-state index in [1.807, 2.05) is 37.3 Å². The van der Waals surface area contributed by atoms with Crippen LogP contribution in [0, 0.1) is 0 Å². The number of rotatable bonds is 9. The van der Waals surface area contributed by atoms with Crippen molar-refractivity contribution in [2.24, 2.45) is 0 Å². The van der Waals surface area contributed by atoms with Crippen LogP contribution in [0.15, 0.2) is 36.4 Å². The van der Waals surface area contributed by atoms with Crippen LogP contribution < -0.4 is 10.6 Å². The number of para-hydroxylation sites is 1. The molecule has 28 heavy (non-hydrogen) atoms. The summed E-state index contributed by atoms with van der Waals surface area (Å²) >= 11 is 0. The van der Waals surface area contributed by atoms with Crippen molar-refractivity contribution < 1.29 is 24.3 Å². The molecule has 0 aliphatic rings. The lowest BCUT2D eigenvalue weighted by Crippen LogP contribution is -2.49. The molecule has 2 amide bonds. The lowest BCUT2D eigenvalue weighted by molar-refractivity contribution is -0.138. The van der Waals surface area contributed by atoms with E-state index in [0.29, 0.717) is 12.0 Å². The Morgan fingerprint density at radius 1 is 1.21 bits per heavy atom. The number of nitrogens with one attached hydrogen (secondary N) is 2. The van der Waals surface area contributed by atoms with Gasteiger partial charge in [0.1, 0.15) is 18.0 Å². The smallest absolute Gasteiger partial charge is 0.305 e. The van der Waals surface area contributed by atoms with Gasteiger partial charge in [0.15, 0.2) is 0 Å². The Morgan fingerprint density at radius 3 is 2.57 bits per heavy atom. The van der Waals surface area contributed by atoms with E-state index in [1.54, 1.807) is 16.8 Å². The highest BCUT2D eigenvalue weighted by Gasteiger charge is 2.23. The molecule has 1 unspecified atom stereocenters. The van der Waals surface area contributed by atoms with Gasteiger partial charge in [0.25, 0.3) is 5.91 Å². The number of nitrogens with zero attached hydrogens (tertiary/aromatic N) is 1. The Bertz CT molecular complexity index is 916. The van der Waals surface area contributed by atoms with Gasteiger partial charge in [0, 0.05) is 11.6 Å². The van der Waals surface area contributed by atoms with Crippen LogP contribution in [-0.2, 0) is 14.4 Å². The van der Waals surface area contributed by atoms with Crippen molar-refractivity contribution in [2.75, 3.05) is 0 Å². The highest BCUT2D eigenvalue weighted by molar-refractivity contribution is 6.02. The second kappa shape index (κ2) is 9.50. The lowest BCUT2D eigenvalue weighted by atomic mass is 10.2. The van der Waals surface area contributed by atoms with Gasteiger partial charge in [-0.2, -0.15) is 0 Å². The number of allylic oxidation sites excluding steroid dienone is 1. The molecular formula is C20H23N3O5. The van der Waals surface area contributed by atoms with Crippen molar-refractivity contribution in [3.05, 3.63) is 42.1 Å². The first-order valence-electron chi connectivity index (χ1n) is 8.92. The first-order valence-corrected chi connectivity index (χ1v) is 8.92. The first-order chi connectivity index (χ1) is 13.4. The molecule has 8 nitrogen and oxygen atoms in total. The summed E-state index contributed by atoms with van der Waals surface area (Å²) < 4.78 is 1.75. The molecule has 0 saturated heterocycles. The zero-order chi connectivity index (χ0) is 20.7. The summed E-state index contributed by atoms with van der Waals surface area (Å²) in [5, 5.41) is 14.5. The third-order valence-corrected chi connectivity index (χ3v) is 4.10. The van der Waals surface area contributed by atoms with Crippen molar-refractivity contribution in [3.8, 4) is 0 Å². The predicted molar refractivity (Wildman–Crippen MR) is 105 cm³/mol. The number of carboxylic acids is 1. The van der Waals surface area contributed by atoms with E-state index in [9.17, 15) is 19.2 Å². The molecule has 1 heterocycles. The average Bonchev–Trinajstić information content (AvgIpc) is 3.03. The van der Waals surface area contributed by atoms with Crippen LogP contribution in [0.25, 0.3) is 17.1 Å². The maximum atomic E-state index is 12.7. The zero-order valence-corrected chi connectivity index (χ0v) is 15.7. The van der Waals surface area contributed by atoms with Crippen molar-refractivity contribution in [1.29, 1.82) is 0 Å². The number of aromatic nitrogens is 1. The van der Waals surface area contributed by atoms with Crippen molar-refractivity contribution >= 4 is 41.2 Å². The van der Waals surface area contributed by atoms with E-state index in [0.717, 1.165) is 17.3 Å². The van der Waals surface area contributed by atoms with Crippen LogP contribution in [-0.4, -0.2) is 45.8 Å². The van der Waals surface area contributed by atoms with Gasteiger partial charge in [-0.3, -0.25) is 14.4 Å². The molecule has 3 N–H and O–H groups in total. The molecule has 2 rings (SSSR count). The zero-order valence-electron chi connectivity index (χ0n) is 15.7. The molecule has 0 aliphatic carbocycles. The third-order valence-electron chi connectivity index (χ3n) is 4.10. The Hall–Kier alpha value is -3.42. The van der Waals surface area contributed by atoms with Gasteiger partial charge in [0.05, 0.1) is 18.0 Å². The number of amides is 2. The van der Waals surface area contributed by atoms with Gasteiger partial charge in [-0.1, -0.05) is 31.2 Å². The van der Waals surface area contributed by atoms with Crippen molar-refractivity contribution in [2.45, 2.75) is 38.8 Å². The third kappa shape index (κ3) is 5.06. The van der Waals surface area contributed by atoms with Gasteiger partial charge in [-0.15, -0.1) is 0 Å². The van der Waals surface area contributed by atoms with Crippen LogP contribution in [0.4, 0.5) is 0 Å². The number of carboxylic acid groups (broad SMARTS) is 1. The van der Waals surface area contributed by atoms with Gasteiger partial charge in [-0.05, 0) is 25.5 Å². The van der Waals surface area contributed by atoms with E-state index in [2.05, 4.69) is 10.6 Å². The molecule has 0 saturated carbocycles. The number of aliphatic carboxylic acids is 1. The molecule has 0 radical (unpaired) electrons. The molecule has 1 aromatic heterocycles. The Kier molecular flexibility index (Phi) is 7.08. The minimum Gasteiger partial charge on any atom is -0.481 e. The van der Waals surface area contributed by atoms with Gasteiger partial charge in [-0.25, -0.2) is 0 Å². The molecule has 0 bridgehead atoms. The Balaban J connectivity index is 2.17. The van der Waals surface area contributed by atoms with Gasteiger partial charge < -0.3 is 25.1 Å². The minimum absolute atomic E-state index is 0.355. The summed E-state index contributed by atoms with van der Waals surface area (Å²) in [6.07, 6.45) is 4.35. The second-order valence-electron chi connectivity index (χ2n) is 6.30. The van der Waals surface area contributed by atoms with E-state index in [4.69, 9.17) is 5.11 Å². The molecule has 0 spiro atoms. The molecule has 2 atom stereocenters. The lowest BCUT2D eigenvalue weighted by Gasteiger charge is -2.17. The fourth-order valence-corrected chi connectivity index (χ4v) is 2.69. The summed E-state index contributed by atoms with van der Waals surface area (Å²) in [7, 11) is 0. The molecule has 8 heteroatoms. The maximum absolute atomic E-state index is 12.7. The number of carbonyl (C=O) groups excluding carboxylic acids is 3. The number of fused-ring (bicyclic) bond motifs is 1. The quantitative estimate of drug-likeness (QED) is 0.569. The Morgan fingerprint density at radius 2 is 1.93 bits per heavy atom. The molecule has 148 valence electrons. The highest BCUT2D eigenvalue weighted by Crippen LogP contribution is 2.20. The first kappa shape index (κ1) is 20.9. The van der Waals surface area contributed by atoms with E-state index >= 15 is 0 Å². The normalized spacial score (nSPS) is 13.2. The van der Waals surface area contributed by atoms with Crippen molar-refractivity contribution in [3.63, 3.8) is 0 Å². The Labute approximate surface area is 162 Å². The monoisotopic (exact) mass is 385 g/mol. The van der Waals surface area contributed by atoms with Crippen LogP contribution in [0.3, 0.4) is 0 Å². The summed E-state index contributed by atoms with van der Waals surface area (Å²) in [6, 6.07) is 7.15. The molecule has 0 aliphatic heterocycles. The molecule has 0 fully saturated rings. The van der Waals surface area contributed by atoms with Crippen LogP contribution >= 0.6 is 0 Å². The maximum Gasteiger partial charge on any atom is 0.305 e. The summed E-state index contributed by atoms with van der Waals surface area (Å²) in [6.45, 7) is 3.44. The molecular weight excluding hydrogens is 362 g/mol. The van der Waals surface area contributed by atoms with Crippen LogP contribution in [0.2, 0.25) is 0 Å². The van der Waals surface area contributed by atoms with Gasteiger partial charge in [0.2, 0.25) is 5.91 Å². The number of hydrogen-bond donors (Lipinski definition) is 3. The summed E-state index contributed by atoms with van der Waals surface area (Å²) in [4.78, 5) is 46.5. The van der Waals surface area contributed by atoms with Crippen LogP contribution in [0.5, 0.6) is 0 Å². The fourth-order valence-electron chi connectivity index (χ4n) is 2.69. The number of carbonyl (C=O) groups is 4. The number of hydrogen-bond acceptors (Lipinski definition) is 4. The number of aldehydes is 1. The van der Waals surface area contributed by atoms with Gasteiger partial charge >= 0.3 is 5.97 Å². The fraction of sp³-hybridized carbons (Fsp3) is 0.300. The summed E-state index contributed by atoms with van der Waals surface area (Å²) in [5.41, 5.74) is 1.22. The largest absolute Gasteiger partial charge is 0.481 e. The number of benzene rings is 1. The average molecular weight is 385 g/mol. The standard InChI is InChI=1S/C20H23N3O5/c1-3-4-9-23-16-8-6-5-7-14(16)10-17(23)20(28)21-13(2)19(27)22-15(12-24)11-18(25)26/h4-10,12-13,15H,3,11H2,1-2H3,(H,21,28)(H,22,27)(H,25,26)/t13?,15-/m0/s1. The van der Waals surface area contributed by atoms with E-state index in [1.165, 1.54) is 6.92 Å². The SMILES string of the molecule is CCC=Cn1c(C(=O)NC(C)C(=O)N[C@H](C=O)CC(=O)O)cc2ccccc21. The van der Waals surface area contributed by atoms with E-state index < -0.39 is 36.3 Å². The minimum atomic E-state index is -1.21.